The van der Waals surface area contributed by atoms with Crippen LogP contribution in [0.2, 0.25) is 0 Å². The molecule has 0 aromatic heterocycles. The third kappa shape index (κ3) is 16.1. The Morgan fingerprint density at radius 3 is 2.08 bits per heavy atom. The molecule has 2 bridgehead atoms. The summed E-state index contributed by atoms with van der Waals surface area (Å²) in [6.07, 6.45) is 10.6. The third-order valence-electron chi connectivity index (χ3n) is 16.9. The topological polar surface area (TPSA) is 201 Å². The summed E-state index contributed by atoms with van der Waals surface area (Å²) >= 11 is 0. The minimum absolute atomic E-state index is 0.000329. The second-order valence-corrected chi connectivity index (χ2v) is 25.2. The molecule has 4 aliphatic rings. The van der Waals surface area contributed by atoms with Crippen LogP contribution in [-0.4, -0.2) is 127 Å². The van der Waals surface area contributed by atoms with Crippen LogP contribution in [0.3, 0.4) is 0 Å². The first-order valence-electron chi connectivity index (χ1n) is 28.5. The standard InChI is InChI=1S/C63H88NO14P/c1-40-22-14-11-15-23-41(2)54(73-8)38-48-31-29-46(7)63(71,77-48)60(68)61(69)64-33-21-20-28-51(64)62(70)76-55(39-52(65)42(3)35-45(6)58(67)59(75-10)57(66)44(5)34-40)43(4)36-47-30-32-53(56(37-47)74-9)78-79(72,49-24-16-12-17-25-49)50-26-18-13-19-27-50/h11-19,22-27,35,40,42-44,46-48,51,53-56,58-59,67,71H,20-21,28-34,36-39H2,1-10H3/b15-11?,22-14+,41-23?,45-35+/t40-,42-,43-,44-,46-,47?,48+,51?,53-,54+,55?,56-,58-,59+,63-/m1/s1. The fourth-order valence-corrected chi connectivity index (χ4v) is 14.2. The van der Waals surface area contributed by atoms with Gasteiger partial charge in [0.1, 0.15) is 30.1 Å². The lowest BCUT2D eigenvalue weighted by Gasteiger charge is -2.42. The quantitative estimate of drug-likeness (QED) is 0.0987. The number of fused-ring (bicyclic) bond motifs is 3. The Morgan fingerprint density at radius 2 is 1.44 bits per heavy atom. The van der Waals surface area contributed by atoms with Crippen molar-refractivity contribution < 1.29 is 67.0 Å². The van der Waals surface area contributed by atoms with Crippen molar-refractivity contribution in [1.29, 1.82) is 0 Å². The van der Waals surface area contributed by atoms with Crippen molar-refractivity contribution in [3.63, 3.8) is 0 Å². The lowest BCUT2D eigenvalue weighted by molar-refractivity contribution is -0.265. The van der Waals surface area contributed by atoms with Crippen molar-refractivity contribution >= 4 is 47.2 Å². The largest absolute Gasteiger partial charge is 0.460 e. The van der Waals surface area contributed by atoms with E-state index in [-0.39, 0.29) is 42.8 Å². The SMILES string of the molecule is CO[C@H]1C[C@@H]2CC[C@@H](C)[C@@](O)(O2)C(=O)C(=O)N2CCCCC2C(=O)OC([C@H](C)CC2CC[C@@H](OP(=O)(c3ccccc3)c3ccccc3)[C@H](OC)C2)CC(=O)[C@H](C)/C=C(\C)[C@@H](O)[C@@H](OC)C(=O)[C@H](C)C[C@H](C)/C=C/C=CC=C1C. The number of hydrogen-bond acceptors (Lipinski definition) is 14. The van der Waals surface area contributed by atoms with E-state index in [4.69, 9.17) is 28.2 Å². The molecule has 1 saturated carbocycles. The summed E-state index contributed by atoms with van der Waals surface area (Å²) in [5.41, 5.74) is 1.24. The zero-order chi connectivity index (χ0) is 57.6. The average Bonchev–Trinajstić information content (AvgIpc) is 3.46. The molecule has 2 N–H and O–H groups in total. The van der Waals surface area contributed by atoms with Gasteiger partial charge in [0, 0.05) is 69.1 Å². The van der Waals surface area contributed by atoms with Gasteiger partial charge in [-0.05, 0) is 131 Å². The van der Waals surface area contributed by atoms with Crippen LogP contribution >= 0.6 is 7.37 Å². The number of ether oxygens (including phenoxy) is 5. The number of ketones is 3. The van der Waals surface area contributed by atoms with Crippen LogP contribution in [0.25, 0.3) is 0 Å². The van der Waals surface area contributed by atoms with Gasteiger partial charge in [0.05, 0.1) is 24.4 Å². The molecular formula is C63H88NO14P. The Bertz CT molecular complexity index is 2500. The van der Waals surface area contributed by atoms with Gasteiger partial charge in [0.15, 0.2) is 5.78 Å². The number of aliphatic hydroxyl groups excluding tert-OH is 1. The number of amides is 1. The summed E-state index contributed by atoms with van der Waals surface area (Å²) in [6.45, 7) is 12.7. The summed E-state index contributed by atoms with van der Waals surface area (Å²) in [5.74, 6) is -8.37. The number of methoxy groups -OCH3 is 3. The molecule has 3 unspecified atom stereocenters. The van der Waals surface area contributed by atoms with Crippen molar-refractivity contribution in [2.75, 3.05) is 27.9 Å². The molecule has 16 heteroatoms. The zero-order valence-corrected chi connectivity index (χ0v) is 49.1. The summed E-state index contributed by atoms with van der Waals surface area (Å²) in [6, 6.07) is 17.2. The molecule has 6 rings (SSSR count). The van der Waals surface area contributed by atoms with Gasteiger partial charge >= 0.3 is 5.97 Å². The van der Waals surface area contributed by atoms with E-state index in [9.17, 15) is 38.8 Å². The molecule has 0 radical (unpaired) electrons. The van der Waals surface area contributed by atoms with Crippen LogP contribution in [0.1, 0.15) is 126 Å². The number of nitrogens with zero attached hydrogens (tertiary/aromatic N) is 1. The maximum absolute atomic E-state index is 15.0. The fraction of sp³-hybridized carbons (Fsp3) is 0.603. The van der Waals surface area contributed by atoms with Gasteiger partial charge in [0.2, 0.25) is 5.79 Å². The Kier molecular flexibility index (Phi) is 23.6. The molecule has 2 saturated heterocycles. The Labute approximate surface area is 469 Å². The number of esters is 1. The highest BCUT2D eigenvalue weighted by atomic mass is 31.2. The number of carbonyl (C=O) groups excluding carboxylic acids is 5. The molecule has 79 heavy (non-hydrogen) atoms. The van der Waals surface area contributed by atoms with E-state index in [1.807, 2.05) is 119 Å². The van der Waals surface area contributed by atoms with E-state index in [2.05, 4.69) is 0 Å². The summed E-state index contributed by atoms with van der Waals surface area (Å²) in [4.78, 5) is 73.1. The first kappa shape index (κ1) is 63.5. The van der Waals surface area contributed by atoms with Crippen LogP contribution in [-0.2, 0) is 56.7 Å². The Morgan fingerprint density at radius 1 is 0.772 bits per heavy atom. The number of allylic oxidation sites excluding steroid dienone is 6. The van der Waals surface area contributed by atoms with Crippen LogP contribution < -0.4 is 10.6 Å². The Balaban J connectivity index is 1.29. The summed E-state index contributed by atoms with van der Waals surface area (Å²) in [7, 11) is 1.02. The number of piperidine rings is 1. The third-order valence-corrected chi connectivity index (χ3v) is 19.5. The maximum Gasteiger partial charge on any atom is 0.329 e. The molecule has 1 amide bonds. The highest BCUT2D eigenvalue weighted by Gasteiger charge is 2.53. The number of benzene rings is 2. The number of aliphatic hydroxyl groups is 2. The monoisotopic (exact) mass is 1110 g/mol. The predicted molar refractivity (Wildman–Crippen MR) is 304 cm³/mol. The van der Waals surface area contributed by atoms with E-state index in [0.717, 1.165) is 5.57 Å². The van der Waals surface area contributed by atoms with Gasteiger partial charge in [0.25, 0.3) is 19.1 Å². The second-order valence-electron chi connectivity index (χ2n) is 22.9. The van der Waals surface area contributed by atoms with Gasteiger partial charge in [-0.1, -0.05) is 107 Å². The van der Waals surface area contributed by atoms with Gasteiger partial charge in [-0.2, -0.15) is 0 Å². The number of hydrogen-bond donors (Lipinski definition) is 2. The summed E-state index contributed by atoms with van der Waals surface area (Å²) < 4.78 is 51.9. The molecular weight excluding hydrogens is 1030 g/mol. The van der Waals surface area contributed by atoms with Gasteiger partial charge in [-0.3, -0.25) is 23.7 Å². The number of cyclic esters (lactones) is 1. The minimum atomic E-state index is -3.55. The average molecular weight is 1110 g/mol. The molecule has 2 aromatic carbocycles. The van der Waals surface area contributed by atoms with E-state index >= 15 is 0 Å². The van der Waals surface area contributed by atoms with Crippen molar-refractivity contribution in [3.8, 4) is 0 Å². The van der Waals surface area contributed by atoms with Crippen molar-refractivity contribution in [3.05, 3.63) is 108 Å². The van der Waals surface area contributed by atoms with E-state index in [1.54, 1.807) is 41.1 Å². The highest BCUT2D eigenvalue weighted by molar-refractivity contribution is 7.74. The van der Waals surface area contributed by atoms with Gasteiger partial charge in [-0.25, -0.2) is 4.79 Å². The normalized spacial score (nSPS) is 34.4. The number of carbonyl (C=O) groups is 5. The molecule has 434 valence electrons. The number of rotatable bonds is 10. The zero-order valence-electron chi connectivity index (χ0n) is 48.2. The molecule has 2 aromatic rings. The molecule has 3 heterocycles. The fourth-order valence-electron chi connectivity index (χ4n) is 11.9. The predicted octanol–water partition coefficient (Wildman–Crippen LogP) is 9.13. The molecule has 3 fully saturated rings. The first-order valence-corrected chi connectivity index (χ1v) is 30.2. The smallest absolute Gasteiger partial charge is 0.329 e. The minimum Gasteiger partial charge on any atom is -0.460 e. The van der Waals surface area contributed by atoms with Crippen molar-refractivity contribution in [2.24, 2.45) is 35.5 Å². The van der Waals surface area contributed by atoms with Crippen molar-refractivity contribution in [1.82, 2.24) is 4.90 Å². The number of Topliss-reactive ketones (excluding diaryl/α,β-unsaturated/α-hetero) is 3. The second kappa shape index (κ2) is 29.3. The van der Waals surface area contributed by atoms with Crippen LogP contribution in [0.4, 0.5) is 0 Å². The van der Waals surface area contributed by atoms with E-state index < -0.39 is 103 Å². The lowest BCUT2D eigenvalue weighted by atomic mass is 9.78. The van der Waals surface area contributed by atoms with Gasteiger partial charge < -0.3 is 43.3 Å². The van der Waals surface area contributed by atoms with Crippen molar-refractivity contribution in [2.45, 2.75) is 180 Å². The maximum atomic E-state index is 15.0. The van der Waals surface area contributed by atoms with Crippen LogP contribution in [0.5, 0.6) is 0 Å². The van der Waals surface area contributed by atoms with Crippen LogP contribution in [0.15, 0.2) is 108 Å². The molecule has 3 aliphatic heterocycles. The molecule has 15 atom stereocenters. The van der Waals surface area contributed by atoms with E-state index in [0.29, 0.717) is 80.4 Å². The van der Waals surface area contributed by atoms with Crippen LogP contribution in [0, 0.1) is 35.5 Å². The lowest BCUT2D eigenvalue weighted by Crippen LogP contribution is -2.61. The van der Waals surface area contributed by atoms with Gasteiger partial charge in [-0.15, -0.1) is 0 Å². The first-order chi connectivity index (χ1) is 37.6. The molecule has 1 aliphatic carbocycles. The summed E-state index contributed by atoms with van der Waals surface area (Å²) in [5, 5.41) is 24.8. The molecule has 0 spiro atoms. The highest BCUT2D eigenvalue weighted by Crippen LogP contribution is 2.49. The Hall–Kier alpha value is -4.70. The molecule has 15 nitrogen and oxygen atoms in total. The van der Waals surface area contributed by atoms with E-state index in [1.165, 1.54) is 12.0 Å².